The third kappa shape index (κ3) is 2.64. The summed E-state index contributed by atoms with van der Waals surface area (Å²) >= 11 is 0. The van der Waals surface area contributed by atoms with Crippen LogP contribution >= 0.6 is 0 Å². The largest absolute Gasteiger partial charge is 0.504 e. The normalized spacial score (nSPS) is 17.1. The minimum atomic E-state index is -0.225. The van der Waals surface area contributed by atoms with Crippen molar-refractivity contribution < 1.29 is 14.2 Å². The summed E-state index contributed by atoms with van der Waals surface area (Å²) in [7, 11) is 0. The van der Waals surface area contributed by atoms with Crippen LogP contribution in [0.2, 0.25) is 0 Å². The molecule has 0 radical (unpaired) electrons. The Bertz CT molecular complexity index is 340. The topological polar surface area (TPSA) is 32.7 Å². The molecule has 16 heavy (non-hydrogen) atoms. The molecule has 3 nitrogen and oxygen atoms in total. The molecule has 2 rings (SSSR count). The van der Waals surface area contributed by atoms with Gasteiger partial charge in [0.25, 0.3) is 0 Å². The molecular formula is C12H16FNO2. The number of nitrogens with zero attached hydrogens (tertiary/aromatic N) is 1. The van der Waals surface area contributed by atoms with Gasteiger partial charge in [0.2, 0.25) is 0 Å². The van der Waals surface area contributed by atoms with Crippen LogP contribution in [0.25, 0.3) is 0 Å². The van der Waals surface area contributed by atoms with Gasteiger partial charge in [-0.1, -0.05) is 12.1 Å². The fourth-order valence-corrected chi connectivity index (χ4v) is 1.82. The number of alkyl halides is 1. The third-order valence-corrected chi connectivity index (χ3v) is 2.78. The van der Waals surface area contributed by atoms with Crippen LogP contribution < -0.4 is 4.74 Å². The minimum absolute atomic E-state index is 0.160. The Morgan fingerprint density at radius 2 is 2.12 bits per heavy atom. The number of likely N-dealkylation sites (tertiary alicyclic amines) is 1. The first-order valence-corrected chi connectivity index (χ1v) is 5.48. The van der Waals surface area contributed by atoms with Gasteiger partial charge in [-0.15, -0.1) is 0 Å². The van der Waals surface area contributed by atoms with Crippen molar-refractivity contribution >= 4 is 0 Å². The van der Waals surface area contributed by atoms with Gasteiger partial charge in [0, 0.05) is 25.6 Å². The highest BCUT2D eigenvalue weighted by Crippen LogP contribution is 2.24. The SMILES string of the molecule is Oc1ccccc1OCCN1CC(CF)C1. The second-order valence-corrected chi connectivity index (χ2v) is 4.10. The summed E-state index contributed by atoms with van der Waals surface area (Å²) in [4.78, 5) is 2.14. The minimum Gasteiger partial charge on any atom is -0.504 e. The van der Waals surface area contributed by atoms with E-state index in [1.807, 2.05) is 6.07 Å². The first kappa shape index (κ1) is 11.2. The van der Waals surface area contributed by atoms with Crippen LogP contribution in [-0.4, -0.2) is 42.9 Å². The Morgan fingerprint density at radius 1 is 1.38 bits per heavy atom. The summed E-state index contributed by atoms with van der Waals surface area (Å²) < 4.78 is 17.6. The second-order valence-electron chi connectivity index (χ2n) is 4.10. The molecule has 1 aliphatic heterocycles. The Labute approximate surface area is 94.4 Å². The zero-order valence-electron chi connectivity index (χ0n) is 9.10. The lowest BCUT2D eigenvalue weighted by Crippen LogP contribution is -2.49. The molecule has 1 aromatic rings. The van der Waals surface area contributed by atoms with E-state index in [9.17, 15) is 9.50 Å². The fourth-order valence-electron chi connectivity index (χ4n) is 1.82. The van der Waals surface area contributed by atoms with Crippen LogP contribution in [0.5, 0.6) is 11.5 Å². The van der Waals surface area contributed by atoms with Crippen LogP contribution in [0.4, 0.5) is 4.39 Å². The van der Waals surface area contributed by atoms with Crippen molar-refractivity contribution in [2.75, 3.05) is 32.9 Å². The molecule has 0 saturated carbocycles. The second kappa shape index (κ2) is 5.16. The lowest BCUT2D eigenvalue weighted by molar-refractivity contribution is 0.0664. The first-order valence-electron chi connectivity index (χ1n) is 5.48. The van der Waals surface area contributed by atoms with Crippen LogP contribution in [0.3, 0.4) is 0 Å². The lowest BCUT2D eigenvalue weighted by atomic mass is 10.0. The molecule has 0 aromatic heterocycles. The maximum atomic E-state index is 12.2. The average molecular weight is 225 g/mol. The number of aromatic hydroxyl groups is 1. The van der Waals surface area contributed by atoms with Gasteiger partial charge in [-0.05, 0) is 12.1 Å². The standard InChI is InChI=1S/C12H16FNO2/c13-7-10-8-14(9-10)5-6-16-12-4-2-1-3-11(12)15/h1-4,10,15H,5-9H2. The molecule has 0 bridgehead atoms. The molecule has 0 amide bonds. The Kier molecular flexibility index (Phi) is 3.62. The number of phenolic OH excluding ortho intramolecular Hbond substituents is 1. The number of ether oxygens (including phenoxy) is 1. The van der Waals surface area contributed by atoms with E-state index in [1.165, 1.54) is 0 Å². The molecule has 1 saturated heterocycles. The summed E-state index contributed by atoms with van der Waals surface area (Å²) in [5.74, 6) is 0.878. The van der Waals surface area contributed by atoms with Gasteiger partial charge in [0.1, 0.15) is 6.61 Å². The quantitative estimate of drug-likeness (QED) is 0.827. The number of hydrogen-bond donors (Lipinski definition) is 1. The molecule has 1 fully saturated rings. The van der Waals surface area contributed by atoms with E-state index in [4.69, 9.17) is 4.74 Å². The Balaban J connectivity index is 1.67. The Morgan fingerprint density at radius 3 is 2.81 bits per heavy atom. The Hall–Kier alpha value is -1.29. The van der Waals surface area contributed by atoms with Gasteiger partial charge in [-0.3, -0.25) is 9.29 Å². The monoisotopic (exact) mass is 225 g/mol. The van der Waals surface area contributed by atoms with Crippen molar-refractivity contribution in [2.45, 2.75) is 0 Å². The smallest absolute Gasteiger partial charge is 0.160 e. The van der Waals surface area contributed by atoms with Gasteiger partial charge >= 0.3 is 0 Å². The summed E-state index contributed by atoms with van der Waals surface area (Å²) in [6.45, 7) is 2.72. The predicted molar refractivity (Wildman–Crippen MR) is 59.5 cm³/mol. The molecule has 1 N–H and O–H groups in total. The van der Waals surface area contributed by atoms with Crippen molar-refractivity contribution in [3.05, 3.63) is 24.3 Å². The number of para-hydroxylation sites is 2. The molecule has 0 unspecified atom stereocenters. The summed E-state index contributed by atoms with van der Waals surface area (Å²) in [5.41, 5.74) is 0. The molecular weight excluding hydrogens is 209 g/mol. The van der Waals surface area contributed by atoms with Gasteiger partial charge in [0.05, 0.1) is 6.67 Å². The van der Waals surface area contributed by atoms with E-state index in [-0.39, 0.29) is 18.3 Å². The zero-order chi connectivity index (χ0) is 11.4. The van der Waals surface area contributed by atoms with Crippen molar-refractivity contribution in [3.8, 4) is 11.5 Å². The average Bonchev–Trinajstić information content (AvgIpc) is 2.24. The van der Waals surface area contributed by atoms with Gasteiger partial charge in [-0.25, -0.2) is 0 Å². The van der Waals surface area contributed by atoms with Crippen molar-refractivity contribution in [1.29, 1.82) is 0 Å². The van der Waals surface area contributed by atoms with Gasteiger partial charge in [-0.2, -0.15) is 0 Å². The van der Waals surface area contributed by atoms with Crippen LogP contribution in [-0.2, 0) is 0 Å². The summed E-state index contributed by atoms with van der Waals surface area (Å²) in [6, 6.07) is 6.90. The highest BCUT2D eigenvalue weighted by atomic mass is 19.1. The van der Waals surface area contributed by atoms with E-state index < -0.39 is 0 Å². The number of phenols is 1. The molecule has 1 aromatic carbocycles. The third-order valence-electron chi connectivity index (χ3n) is 2.78. The fraction of sp³-hybridized carbons (Fsp3) is 0.500. The number of halogens is 1. The van der Waals surface area contributed by atoms with Crippen molar-refractivity contribution in [3.63, 3.8) is 0 Å². The van der Waals surface area contributed by atoms with Gasteiger partial charge in [0.15, 0.2) is 11.5 Å². The summed E-state index contributed by atoms with van der Waals surface area (Å²) in [5, 5.41) is 9.44. The van der Waals surface area contributed by atoms with E-state index >= 15 is 0 Å². The van der Waals surface area contributed by atoms with Crippen LogP contribution in [0.15, 0.2) is 24.3 Å². The van der Waals surface area contributed by atoms with E-state index in [2.05, 4.69) is 4.90 Å². The maximum absolute atomic E-state index is 12.2. The highest BCUT2D eigenvalue weighted by molar-refractivity contribution is 5.37. The molecule has 4 heteroatoms. The van der Waals surface area contributed by atoms with Crippen molar-refractivity contribution in [1.82, 2.24) is 4.90 Å². The van der Waals surface area contributed by atoms with E-state index in [0.29, 0.717) is 12.4 Å². The predicted octanol–water partition coefficient (Wildman–Crippen LogP) is 1.67. The molecule has 0 atom stereocenters. The molecule has 0 aliphatic carbocycles. The maximum Gasteiger partial charge on any atom is 0.160 e. The first-order chi connectivity index (χ1) is 7.79. The van der Waals surface area contributed by atoms with Crippen LogP contribution in [0, 0.1) is 5.92 Å². The van der Waals surface area contributed by atoms with E-state index in [0.717, 1.165) is 19.6 Å². The van der Waals surface area contributed by atoms with Crippen molar-refractivity contribution in [2.24, 2.45) is 5.92 Å². The number of hydrogen-bond acceptors (Lipinski definition) is 3. The number of benzene rings is 1. The molecule has 1 heterocycles. The van der Waals surface area contributed by atoms with Gasteiger partial charge < -0.3 is 9.84 Å². The summed E-state index contributed by atoms with van der Waals surface area (Å²) in [6.07, 6.45) is 0. The molecule has 0 spiro atoms. The highest BCUT2D eigenvalue weighted by Gasteiger charge is 2.25. The number of rotatable bonds is 5. The zero-order valence-corrected chi connectivity index (χ0v) is 9.10. The molecule has 1 aliphatic rings. The lowest BCUT2D eigenvalue weighted by Gasteiger charge is -2.37. The molecule has 88 valence electrons. The van der Waals surface area contributed by atoms with E-state index in [1.54, 1.807) is 18.2 Å². The van der Waals surface area contributed by atoms with Crippen LogP contribution in [0.1, 0.15) is 0 Å².